The van der Waals surface area contributed by atoms with Crippen LogP contribution in [0, 0.1) is 11.6 Å². The van der Waals surface area contributed by atoms with Crippen LogP contribution in [-0.4, -0.2) is 5.91 Å². The smallest absolute Gasteiger partial charge is 0.256 e. The number of hydrogen-bond donors (Lipinski definition) is 1. The lowest BCUT2D eigenvalue weighted by Gasteiger charge is -2.15. The second kappa shape index (κ2) is 5.40. The van der Waals surface area contributed by atoms with Crippen molar-refractivity contribution in [2.75, 3.05) is 0 Å². The maximum atomic E-state index is 13.5. The van der Waals surface area contributed by atoms with Gasteiger partial charge in [-0.2, -0.15) is 0 Å². The first-order valence-corrected chi connectivity index (χ1v) is 5.86. The molecular weight excluding hydrogens is 276 g/mol. The molecule has 1 unspecified atom stereocenters. The van der Waals surface area contributed by atoms with Crippen molar-refractivity contribution in [3.63, 3.8) is 0 Å². The van der Waals surface area contributed by atoms with Crippen LogP contribution in [0.5, 0.6) is 0 Å². The van der Waals surface area contributed by atoms with Crippen molar-refractivity contribution < 1.29 is 18.0 Å². The quantitative estimate of drug-likeness (QED) is 0.934. The molecule has 0 saturated carbocycles. The van der Waals surface area contributed by atoms with E-state index in [1.807, 2.05) is 0 Å². The normalized spacial score (nSPS) is 12.2. The number of furan rings is 1. The Morgan fingerprint density at radius 2 is 1.95 bits per heavy atom. The molecule has 0 saturated heterocycles. The van der Waals surface area contributed by atoms with Gasteiger partial charge in [0.1, 0.15) is 11.6 Å². The minimum Gasteiger partial charge on any atom is -0.452 e. The lowest BCUT2D eigenvalue weighted by Crippen LogP contribution is -2.27. The molecule has 1 N–H and O–H groups in total. The van der Waals surface area contributed by atoms with Gasteiger partial charge in [-0.15, -0.1) is 0 Å². The van der Waals surface area contributed by atoms with Crippen LogP contribution in [0.15, 0.2) is 34.9 Å². The van der Waals surface area contributed by atoms with Crippen molar-refractivity contribution in [1.82, 2.24) is 5.32 Å². The highest BCUT2D eigenvalue weighted by Gasteiger charge is 2.20. The molecule has 0 radical (unpaired) electrons. The largest absolute Gasteiger partial charge is 0.452 e. The van der Waals surface area contributed by atoms with E-state index in [0.717, 1.165) is 12.1 Å². The number of carbonyl (C=O) groups excluding carboxylic acids is 1. The van der Waals surface area contributed by atoms with Gasteiger partial charge in [-0.25, -0.2) is 8.78 Å². The molecule has 1 aromatic carbocycles. The summed E-state index contributed by atoms with van der Waals surface area (Å²) in [5.41, 5.74) is -0.0827. The Hall–Kier alpha value is -1.88. The SMILES string of the molecule is CC(NC(=O)c1ccoc1Cl)c1c(F)cccc1F. The molecule has 1 amide bonds. The van der Waals surface area contributed by atoms with Gasteiger partial charge in [-0.05, 0) is 36.7 Å². The Morgan fingerprint density at radius 3 is 2.47 bits per heavy atom. The van der Waals surface area contributed by atoms with E-state index in [1.54, 1.807) is 0 Å². The van der Waals surface area contributed by atoms with Crippen molar-refractivity contribution in [3.05, 3.63) is 58.5 Å². The van der Waals surface area contributed by atoms with Gasteiger partial charge in [0.2, 0.25) is 5.22 Å². The summed E-state index contributed by atoms with van der Waals surface area (Å²) in [6.45, 7) is 1.48. The minimum atomic E-state index is -0.834. The number of benzene rings is 1. The van der Waals surface area contributed by atoms with Crippen molar-refractivity contribution in [2.24, 2.45) is 0 Å². The summed E-state index contributed by atoms with van der Waals surface area (Å²) >= 11 is 5.65. The number of halogens is 3. The van der Waals surface area contributed by atoms with E-state index in [4.69, 9.17) is 16.0 Å². The Balaban J connectivity index is 2.20. The predicted octanol–water partition coefficient (Wildman–Crippen LogP) is 3.70. The van der Waals surface area contributed by atoms with Crippen LogP contribution in [0.1, 0.15) is 28.9 Å². The van der Waals surface area contributed by atoms with Gasteiger partial charge in [0, 0.05) is 5.56 Å². The van der Waals surface area contributed by atoms with Crippen LogP contribution < -0.4 is 5.32 Å². The minimum absolute atomic E-state index is 0.0706. The fourth-order valence-electron chi connectivity index (χ4n) is 1.73. The Kier molecular flexibility index (Phi) is 3.85. The van der Waals surface area contributed by atoms with E-state index in [1.165, 1.54) is 25.3 Å². The first-order chi connectivity index (χ1) is 9.00. The first kappa shape index (κ1) is 13.5. The Labute approximate surface area is 113 Å². The van der Waals surface area contributed by atoms with E-state index >= 15 is 0 Å². The number of hydrogen-bond acceptors (Lipinski definition) is 2. The molecule has 1 heterocycles. The summed E-state index contributed by atoms with van der Waals surface area (Å²) in [7, 11) is 0. The van der Waals surface area contributed by atoms with E-state index in [-0.39, 0.29) is 16.3 Å². The molecule has 2 aromatic rings. The summed E-state index contributed by atoms with van der Waals surface area (Å²) in [6, 6.07) is 4.06. The molecule has 3 nitrogen and oxygen atoms in total. The first-order valence-electron chi connectivity index (χ1n) is 5.48. The topological polar surface area (TPSA) is 42.2 Å². The summed E-state index contributed by atoms with van der Waals surface area (Å²) in [6.07, 6.45) is 1.26. The van der Waals surface area contributed by atoms with Crippen LogP contribution in [0.4, 0.5) is 8.78 Å². The number of carbonyl (C=O) groups is 1. The molecule has 0 spiro atoms. The highest BCUT2D eigenvalue weighted by Crippen LogP contribution is 2.22. The van der Waals surface area contributed by atoms with Crippen LogP contribution in [0.3, 0.4) is 0 Å². The van der Waals surface area contributed by atoms with E-state index in [0.29, 0.717) is 0 Å². The Morgan fingerprint density at radius 1 is 1.32 bits per heavy atom. The highest BCUT2D eigenvalue weighted by molar-refractivity contribution is 6.32. The van der Waals surface area contributed by atoms with Gasteiger partial charge in [-0.3, -0.25) is 4.79 Å². The molecule has 0 aliphatic rings. The fourth-order valence-corrected chi connectivity index (χ4v) is 1.93. The summed E-state index contributed by atoms with van der Waals surface area (Å²) in [5.74, 6) is -1.99. The van der Waals surface area contributed by atoms with Crippen molar-refractivity contribution in [3.8, 4) is 0 Å². The van der Waals surface area contributed by atoms with Crippen LogP contribution in [0.25, 0.3) is 0 Å². The van der Waals surface area contributed by atoms with Crippen LogP contribution in [-0.2, 0) is 0 Å². The summed E-state index contributed by atoms with van der Waals surface area (Å²) in [5, 5.41) is 2.39. The molecule has 0 aliphatic heterocycles. The second-order valence-electron chi connectivity index (χ2n) is 3.94. The molecule has 6 heteroatoms. The number of amides is 1. The van der Waals surface area contributed by atoms with Crippen molar-refractivity contribution in [1.29, 1.82) is 0 Å². The molecule has 2 rings (SSSR count). The molecule has 19 heavy (non-hydrogen) atoms. The summed E-state index contributed by atoms with van der Waals surface area (Å²) in [4.78, 5) is 11.8. The zero-order valence-electron chi connectivity index (χ0n) is 9.91. The zero-order chi connectivity index (χ0) is 14.0. The van der Waals surface area contributed by atoms with Gasteiger partial charge in [0.15, 0.2) is 0 Å². The Bertz CT molecular complexity index is 592. The lowest BCUT2D eigenvalue weighted by atomic mass is 10.1. The molecule has 0 bridgehead atoms. The molecule has 100 valence electrons. The van der Waals surface area contributed by atoms with E-state index in [9.17, 15) is 13.6 Å². The van der Waals surface area contributed by atoms with Crippen molar-refractivity contribution >= 4 is 17.5 Å². The van der Waals surface area contributed by atoms with Crippen LogP contribution >= 0.6 is 11.6 Å². The predicted molar refractivity (Wildman–Crippen MR) is 66.0 cm³/mol. The molecule has 1 aromatic heterocycles. The molecule has 0 fully saturated rings. The van der Waals surface area contributed by atoms with Gasteiger partial charge in [-0.1, -0.05) is 6.07 Å². The molecular formula is C13H10ClF2NO2. The maximum Gasteiger partial charge on any atom is 0.256 e. The molecule has 1 atom stereocenters. The standard InChI is InChI=1S/C13H10ClF2NO2/c1-7(11-9(15)3-2-4-10(11)16)17-13(18)8-5-6-19-12(8)14/h2-7H,1H3,(H,17,18). The lowest BCUT2D eigenvalue weighted by molar-refractivity contribution is 0.0938. The fraction of sp³-hybridized carbons (Fsp3) is 0.154. The molecule has 0 aliphatic carbocycles. The zero-order valence-corrected chi connectivity index (χ0v) is 10.7. The van der Waals surface area contributed by atoms with Crippen molar-refractivity contribution in [2.45, 2.75) is 13.0 Å². The third kappa shape index (κ3) is 2.76. The average molecular weight is 286 g/mol. The monoisotopic (exact) mass is 285 g/mol. The van der Waals surface area contributed by atoms with Crippen LogP contribution in [0.2, 0.25) is 5.22 Å². The van der Waals surface area contributed by atoms with Gasteiger partial charge in [0.25, 0.3) is 5.91 Å². The van der Waals surface area contributed by atoms with Gasteiger partial charge >= 0.3 is 0 Å². The van der Waals surface area contributed by atoms with Gasteiger partial charge in [0.05, 0.1) is 17.9 Å². The average Bonchev–Trinajstić information content (AvgIpc) is 2.75. The van der Waals surface area contributed by atoms with E-state index < -0.39 is 23.6 Å². The van der Waals surface area contributed by atoms with Gasteiger partial charge < -0.3 is 9.73 Å². The number of nitrogens with one attached hydrogen (secondary N) is 1. The summed E-state index contributed by atoms with van der Waals surface area (Å²) < 4.78 is 31.9. The third-order valence-corrected chi connectivity index (χ3v) is 2.94. The van der Waals surface area contributed by atoms with E-state index in [2.05, 4.69) is 5.32 Å². The maximum absolute atomic E-state index is 13.5. The number of rotatable bonds is 3. The second-order valence-corrected chi connectivity index (χ2v) is 4.28. The highest BCUT2D eigenvalue weighted by atomic mass is 35.5. The third-order valence-electron chi connectivity index (χ3n) is 2.64.